The Labute approximate surface area is 65.9 Å². The zero-order valence-electron chi connectivity index (χ0n) is 6.26. The molecule has 0 nitrogen and oxygen atoms in total. The highest BCUT2D eigenvalue weighted by Gasteiger charge is 2.20. The monoisotopic (exact) mass is 152 g/mol. The average molecular weight is 152 g/mol. The third-order valence-electron chi connectivity index (χ3n) is 2.43. The van der Waals surface area contributed by atoms with Crippen LogP contribution in [0.5, 0.6) is 0 Å². The van der Waals surface area contributed by atoms with Gasteiger partial charge < -0.3 is 0 Å². The third kappa shape index (κ3) is 0.807. The van der Waals surface area contributed by atoms with E-state index >= 15 is 0 Å². The summed E-state index contributed by atoms with van der Waals surface area (Å²) < 4.78 is 0. The van der Waals surface area contributed by atoms with Gasteiger partial charge in [0.25, 0.3) is 0 Å². The maximum Gasteiger partial charge on any atom is 0.00802 e. The van der Waals surface area contributed by atoms with Crippen LogP contribution in [0.2, 0.25) is 0 Å². The van der Waals surface area contributed by atoms with E-state index in [2.05, 4.69) is 18.4 Å². The van der Waals surface area contributed by atoms with E-state index in [1.54, 1.807) is 10.4 Å². The smallest absolute Gasteiger partial charge is 0.00802 e. The SMILES string of the molecule is CCC1CCc2sccc21. The van der Waals surface area contributed by atoms with Gasteiger partial charge in [0.15, 0.2) is 0 Å². The fourth-order valence-electron chi connectivity index (χ4n) is 1.80. The molecule has 0 saturated carbocycles. The van der Waals surface area contributed by atoms with Crippen molar-refractivity contribution >= 4 is 11.3 Å². The lowest BCUT2D eigenvalue weighted by atomic mass is 10.0. The Balaban J connectivity index is 2.34. The van der Waals surface area contributed by atoms with Crippen molar-refractivity contribution in [2.75, 3.05) is 0 Å². The molecule has 1 unspecified atom stereocenters. The van der Waals surface area contributed by atoms with Crippen LogP contribution < -0.4 is 0 Å². The quantitative estimate of drug-likeness (QED) is 0.579. The molecule has 1 heteroatoms. The Morgan fingerprint density at radius 3 is 3.40 bits per heavy atom. The highest BCUT2D eigenvalue weighted by atomic mass is 32.1. The minimum Gasteiger partial charge on any atom is -0.149 e. The minimum absolute atomic E-state index is 0.890. The molecule has 0 bridgehead atoms. The Morgan fingerprint density at radius 1 is 1.70 bits per heavy atom. The predicted molar refractivity (Wildman–Crippen MR) is 45.7 cm³/mol. The van der Waals surface area contributed by atoms with Crippen molar-refractivity contribution in [2.45, 2.75) is 32.1 Å². The van der Waals surface area contributed by atoms with Crippen LogP contribution in [0, 0.1) is 0 Å². The van der Waals surface area contributed by atoms with E-state index in [4.69, 9.17) is 0 Å². The maximum absolute atomic E-state index is 2.31. The van der Waals surface area contributed by atoms with Crippen molar-refractivity contribution in [2.24, 2.45) is 0 Å². The van der Waals surface area contributed by atoms with Crippen LogP contribution in [0.4, 0.5) is 0 Å². The first-order valence-electron chi connectivity index (χ1n) is 3.98. The van der Waals surface area contributed by atoms with E-state index in [0.29, 0.717) is 0 Å². The highest BCUT2D eigenvalue weighted by molar-refractivity contribution is 7.10. The maximum atomic E-state index is 2.31. The van der Waals surface area contributed by atoms with Gasteiger partial charge >= 0.3 is 0 Å². The first-order valence-corrected chi connectivity index (χ1v) is 4.86. The van der Waals surface area contributed by atoms with E-state index in [0.717, 1.165) is 5.92 Å². The zero-order chi connectivity index (χ0) is 6.97. The summed E-state index contributed by atoms with van der Waals surface area (Å²) in [6.45, 7) is 2.29. The van der Waals surface area contributed by atoms with Gasteiger partial charge in [0.05, 0.1) is 0 Å². The van der Waals surface area contributed by atoms with Crippen molar-refractivity contribution in [3.05, 3.63) is 21.9 Å². The van der Waals surface area contributed by atoms with Crippen LogP contribution in [0.15, 0.2) is 11.4 Å². The molecular formula is C9H12S. The van der Waals surface area contributed by atoms with Gasteiger partial charge in [-0.25, -0.2) is 0 Å². The van der Waals surface area contributed by atoms with Gasteiger partial charge in [-0.1, -0.05) is 6.92 Å². The standard InChI is InChI=1S/C9H12S/c1-2-7-3-4-9-8(7)5-6-10-9/h5-7H,2-4H2,1H3. The molecule has 0 aliphatic heterocycles. The number of hydrogen-bond donors (Lipinski definition) is 0. The number of thiophene rings is 1. The van der Waals surface area contributed by atoms with Gasteiger partial charge in [-0.2, -0.15) is 0 Å². The number of aryl methyl sites for hydroxylation is 1. The lowest BCUT2D eigenvalue weighted by molar-refractivity contribution is 0.656. The average Bonchev–Trinajstić information content (AvgIpc) is 2.44. The largest absolute Gasteiger partial charge is 0.149 e. The Hall–Kier alpha value is -0.300. The second-order valence-electron chi connectivity index (χ2n) is 2.94. The molecule has 10 heavy (non-hydrogen) atoms. The fourth-order valence-corrected chi connectivity index (χ4v) is 2.79. The summed E-state index contributed by atoms with van der Waals surface area (Å²) in [7, 11) is 0. The molecule has 0 spiro atoms. The third-order valence-corrected chi connectivity index (χ3v) is 3.43. The molecule has 2 rings (SSSR count). The van der Waals surface area contributed by atoms with Crippen molar-refractivity contribution in [1.82, 2.24) is 0 Å². The predicted octanol–water partition coefficient (Wildman–Crippen LogP) is 3.19. The fraction of sp³-hybridized carbons (Fsp3) is 0.556. The van der Waals surface area contributed by atoms with E-state index < -0.39 is 0 Å². The molecule has 0 amide bonds. The summed E-state index contributed by atoms with van der Waals surface area (Å²) in [4.78, 5) is 1.65. The van der Waals surface area contributed by atoms with Gasteiger partial charge in [-0.3, -0.25) is 0 Å². The van der Waals surface area contributed by atoms with Crippen LogP contribution in [0.3, 0.4) is 0 Å². The first-order chi connectivity index (χ1) is 4.92. The van der Waals surface area contributed by atoms with Crippen molar-refractivity contribution in [3.8, 4) is 0 Å². The molecule has 0 N–H and O–H groups in total. The Kier molecular flexibility index (Phi) is 1.53. The van der Waals surface area contributed by atoms with Gasteiger partial charge in [-0.15, -0.1) is 11.3 Å². The molecular weight excluding hydrogens is 140 g/mol. The molecule has 1 aliphatic carbocycles. The molecule has 0 fully saturated rings. The summed E-state index contributed by atoms with van der Waals surface area (Å²) >= 11 is 1.93. The number of rotatable bonds is 1. The summed E-state index contributed by atoms with van der Waals surface area (Å²) in [5.41, 5.74) is 1.65. The molecule has 0 radical (unpaired) electrons. The summed E-state index contributed by atoms with van der Waals surface area (Å²) in [6, 6.07) is 2.31. The lowest BCUT2D eigenvalue weighted by Gasteiger charge is -2.03. The van der Waals surface area contributed by atoms with Gasteiger partial charge in [0.2, 0.25) is 0 Å². The van der Waals surface area contributed by atoms with E-state index in [1.165, 1.54) is 19.3 Å². The Bertz CT molecular complexity index is 224. The number of hydrogen-bond acceptors (Lipinski definition) is 1. The molecule has 1 aliphatic rings. The first kappa shape index (κ1) is 6.41. The topological polar surface area (TPSA) is 0 Å². The highest BCUT2D eigenvalue weighted by Crippen LogP contribution is 2.38. The van der Waals surface area contributed by atoms with Crippen LogP contribution >= 0.6 is 11.3 Å². The van der Waals surface area contributed by atoms with Crippen LogP contribution in [-0.4, -0.2) is 0 Å². The van der Waals surface area contributed by atoms with Gasteiger partial charge in [-0.05, 0) is 42.2 Å². The summed E-state index contributed by atoms with van der Waals surface area (Å²) in [6.07, 6.45) is 4.06. The van der Waals surface area contributed by atoms with Crippen molar-refractivity contribution in [1.29, 1.82) is 0 Å². The molecule has 1 heterocycles. The molecule has 0 saturated heterocycles. The van der Waals surface area contributed by atoms with Gasteiger partial charge in [0, 0.05) is 4.88 Å². The van der Waals surface area contributed by atoms with Gasteiger partial charge in [0.1, 0.15) is 0 Å². The lowest BCUT2D eigenvalue weighted by Crippen LogP contribution is -1.87. The molecule has 1 aromatic heterocycles. The van der Waals surface area contributed by atoms with E-state index in [9.17, 15) is 0 Å². The summed E-state index contributed by atoms with van der Waals surface area (Å²) in [5, 5.41) is 2.23. The second-order valence-corrected chi connectivity index (χ2v) is 3.94. The Morgan fingerprint density at radius 2 is 2.60 bits per heavy atom. The molecule has 1 aromatic rings. The molecule has 1 atom stereocenters. The molecule has 54 valence electrons. The molecule has 0 aromatic carbocycles. The van der Waals surface area contributed by atoms with E-state index in [1.807, 2.05) is 11.3 Å². The number of fused-ring (bicyclic) bond motifs is 1. The second kappa shape index (κ2) is 2.39. The normalized spacial score (nSPS) is 23.1. The minimum atomic E-state index is 0.890. The van der Waals surface area contributed by atoms with Crippen LogP contribution in [0.1, 0.15) is 36.1 Å². The van der Waals surface area contributed by atoms with Crippen molar-refractivity contribution < 1.29 is 0 Å². The summed E-state index contributed by atoms with van der Waals surface area (Å²) in [5.74, 6) is 0.890. The van der Waals surface area contributed by atoms with Crippen molar-refractivity contribution in [3.63, 3.8) is 0 Å². The van der Waals surface area contributed by atoms with Crippen LogP contribution in [0.25, 0.3) is 0 Å². The van der Waals surface area contributed by atoms with Crippen LogP contribution in [-0.2, 0) is 6.42 Å². The zero-order valence-corrected chi connectivity index (χ0v) is 7.08. The van der Waals surface area contributed by atoms with E-state index in [-0.39, 0.29) is 0 Å².